The standard InChI is InChI=1S/C16H18ClN3S/c1-20-16(18-14-9-10-2-3-12(14)8-10)21-15(19-20)11-4-6-13(17)7-5-11/h4-7,10,12,14H,2-3,8-9H2,1H3. The van der Waals surface area contributed by atoms with E-state index in [-0.39, 0.29) is 0 Å². The lowest BCUT2D eigenvalue weighted by Gasteiger charge is -2.16. The molecule has 2 fully saturated rings. The van der Waals surface area contributed by atoms with Gasteiger partial charge in [0.15, 0.2) is 0 Å². The van der Waals surface area contributed by atoms with E-state index in [1.165, 1.54) is 25.7 Å². The molecule has 3 atom stereocenters. The fourth-order valence-corrected chi connectivity index (χ4v) is 4.76. The van der Waals surface area contributed by atoms with E-state index < -0.39 is 0 Å². The molecule has 1 heterocycles. The van der Waals surface area contributed by atoms with Gasteiger partial charge in [0.2, 0.25) is 4.80 Å². The molecule has 2 saturated carbocycles. The normalized spacial score (nSPS) is 28.5. The Bertz CT molecular complexity index is 716. The highest BCUT2D eigenvalue weighted by Gasteiger charge is 2.39. The second kappa shape index (κ2) is 5.25. The van der Waals surface area contributed by atoms with E-state index in [0.717, 1.165) is 32.2 Å². The molecule has 4 rings (SSSR count). The Kier molecular flexibility index (Phi) is 3.38. The summed E-state index contributed by atoms with van der Waals surface area (Å²) in [6.07, 6.45) is 5.45. The first kappa shape index (κ1) is 13.5. The average molecular weight is 320 g/mol. The molecule has 0 radical (unpaired) electrons. The molecule has 5 heteroatoms. The third-order valence-corrected chi connectivity index (χ3v) is 6.09. The van der Waals surface area contributed by atoms with Crippen molar-refractivity contribution in [3.8, 4) is 10.6 Å². The zero-order chi connectivity index (χ0) is 14.4. The number of fused-ring (bicyclic) bond motifs is 2. The van der Waals surface area contributed by atoms with E-state index in [2.05, 4.69) is 5.10 Å². The first-order chi connectivity index (χ1) is 10.2. The van der Waals surface area contributed by atoms with Gasteiger partial charge in [0.25, 0.3) is 0 Å². The molecule has 2 aliphatic carbocycles. The number of aromatic nitrogens is 2. The summed E-state index contributed by atoms with van der Waals surface area (Å²) in [5, 5.41) is 6.38. The summed E-state index contributed by atoms with van der Waals surface area (Å²) in [4.78, 5) is 6.04. The van der Waals surface area contributed by atoms with Crippen molar-refractivity contribution < 1.29 is 0 Å². The van der Waals surface area contributed by atoms with Gasteiger partial charge < -0.3 is 0 Å². The van der Waals surface area contributed by atoms with Gasteiger partial charge in [-0.1, -0.05) is 41.5 Å². The molecule has 0 N–H and O–H groups in total. The van der Waals surface area contributed by atoms with Crippen LogP contribution < -0.4 is 4.80 Å². The minimum Gasteiger partial charge on any atom is -0.254 e. The van der Waals surface area contributed by atoms with Crippen LogP contribution in [0.15, 0.2) is 29.3 Å². The molecule has 2 aromatic rings. The van der Waals surface area contributed by atoms with Gasteiger partial charge in [0, 0.05) is 17.6 Å². The van der Waals surface area contributed by atoms with Crippen molar-refractivity contribution in [2.75, 3.05) is 0 Å². The van der Waals surface area contributed by atoms with Crippen LogP contribution in [0, 0.1) is 11.8 Å². The number of rotatable bonds is 2. The van der Waals surface area contributed by atoms with E-state index in [0.29, 0.717) is 6.04 Å². The Morgan fingerprint density at radius 2 is 2.05 bits per heavy atom. The Morgan fingerprint density at radius 3 is 2.71 bits per heavy atom. The maximum absolute atomic E-state index is 5.94. The fraction of sp³-hybridized carbons (Fsp3) is 0.500. The third kappa shape index (κ3) is 2.55. The zero-order valence-electron chi connectivity index (χ0n) is 12.0. The molecule has 0 saturated heterocycles. The van der Waals surface area contributed by atoms with E-state index in [9.17, 15) is 0 Å². The highest BCUT2D eigenvalue weighted by Crippen LogP contribution is 2.45. The maximum atomic E-state index is 5.94. The van der Waals surface area contributed by atoms with E-state index >= 15 is 0 Å². The van der Waals surface area contributed by atoms with Gasteiger partial charge in [-0.2, -0.15) is 5.10 Å². The molecule has 1 aromatic carbocycles. The number of nitrogens with zero attached hydrogens (tertiary/aromatic N) is 3. The molecule has 110 valence electrons. The van der Waals surface area contributed by atoms with Crippen molar-refractivity contribution >= 4 is 22.9 Å². The van der Waals surface area contributed by atoms with E-state index in [4.69, 9.17) is 16.6 Å². The third-order valence-electron chi connectivity index (χ3n) is 4.77. The summed E-state index contributed by atoms with van der Waals surface area (Å²) in [7, 11) is 1.99. The van der Waals surface area contributed by atoms with Crippen LogP contribution >= 0.6 is 22.9 Å². The predicted molar refractivity (Wildman–Crippen MR) is 86.3 cm³/mol. The van der Waals surface area contributed by atoms with Crippen molar-refractivity contribution in [1.29, 1.82) is 0 Å². The van der Waals surface area contributed by atoms with Gasteiger partial charge in [-0.15, -0.1) is 0 Å². The largest absolute Gasteiger partial charge is 0.254 e. The topological polar surface area (TPSA) is 30.2 Å². The van der Waals surface area contributed by atoms with Gasteiger partial charge in [-0.05, 0) is 43.2 Å². The van der Waals surface area contributed by atoms with Gasteiger partial charge in [0.05, 0.1) is 6.04 Å². The minimum atomic E-state index is 0.522. The molecule has 3 unspecified atom stereocenters. The molecular formula is C16H18ClN3S. The van der Waals surface area contributed by atoms with Crippen LogP contribution in [-0.4, -0.2) is 15.8 Å². The van der Waals surface area contributed by atoms with Crippen molar-refractivity contribution in [1.82, 2.24) is 9.78 Å². The van der Waals surface area contributed by atoms with Crippen molar-refractivity contribution in [2.45, 2.75) is 31.7 Å². The molecule has 2 bridgehead atoms. The zero-order valence-corrected chi connectivity index (χ0v) is 13.6. The summed E-state index contributed by atoms with van der Waals surface area (Å²) in [5.41, 5.74) is 1.11. The van der Waals surface area contributed by atoms with Crippen LogP contribution in [0.25, 0.3) is 10.6 Å². The SMILES string of the molecule is Cn1nc(-c2ccc(Cl)cc2)sc1=NC1CC2CCC1C2. The monoisotopic (exact) mass is 319 g/mol. The van der Waals surface area contributed by atoms with Gasteiger partial charge in [0.1, 0.15) is 5.01 Å². The van der Waals surface area contributed by atoms with Crippen LogP contribution in [0.5, 0.6) is 0 Å². The summed E-state index contributed by atoms with van der Waals surface area (Å²) >= 11 is 7.62. The van der Waals surface area contributed by atoms with Crippen molar-refractivity contribution in [3.05, 3.63) is 34.1 Å². The van der Waals surface area contributed by atoms with Crippen LogP contribution in [0.1, 0.15) is 25.7 Å². The summed E-state index contributed by atoms with van der Waals surface area (Å²) in [6.45, 7) is 0. The van der Waals surface area contributed by atoms with Crippen LogP contribution in [0.4, 0.5) is 0 Å². The number of hydrogen-bond donors (Lipinski definition) is 0. The Hall–Kier alpha value is -1.13. The molecule has 2 aliphatic rings. The van der Waals surface area contributed by atoms with Gasteiger partial charge in [-0.3, -0.25) is 4.99 Å². The second-order valence-corrected chi connectivity index (χ2v) is 7.58. The van der Waals surface area contributed by atoms with E-state index in [1.807, 2.05) is 36.0 Å². The fourth-order valence-electron chi connectivity index (χ4n) is 3.68. The minimum absolute atomic E-state index is 0.522. The highest BCUT2D eigenvalue weighted by atomic mass is 35.5. The second-order valence-electron chi connectivity index (χ2n) is 6.19. The summed E-state index contributed by atoms with van der Waals surface area (Å²) < 4.78 is 1.92. The van der Waals surface area contributed by atoms with E-state index in [1.54, 1.807) is 11.3 Å². The number of hydrogen-bond acceptors (Lipinski definition) is 3. The number of benzene rings is 1. The van der Waals surface area contributed by atoms with Crippen LogP contribution in [0.2, 0.25) is 5.02 Å². The van der Waals surface area contributed by atoms with Gasteiger partial charge in [-0.25, -0.2) is 4.68 Å². The van der Waals surface area contributed by atoms with Crippen molar-refractivity contribution in [2.24, 2.45) is 23.9 Å². The van der Waals surface area contributed by atoms with Crippen molar-refractivity contribution in [3.63, 3.8) is 0 Å². The summed E-state index contributed by atoms with van der Waals surface area (Å²) in [5.74, 6) is 1.74. The quantitative estimate of drug-likeness (QED) is 0.826. The van der Waals surface area contributed by atoms with Crippen LogP contribution in [0.3, 0.4) is 0 Å². The lowest BCUT2D eigenvalue weighted by Crippen LogP contribution is -2.21. The molecule has 0 aliphatic heterocycles. The molecular weight excluding hydrogens is 302 g/mol. The lowest BCUT2D eigenvalue weighted by molar-refractivity contribution is 0.411. The molecule has 0 spiro atoms. The molecule has 3 nitrogen and oxygen atoms in total. The first-order valence-electron chi connectivity index (χ1n) is 7.53. The average Bonchev–Trinajstić information content (AvgIpc) is 3.17. The van der Waals surface area contributed by atoms with Crippen LogP contribution in [-0.2, 0) is 7.05 Å². The predicted octanol–water partition coefficient (Wildman–Crippen LogP) is 3.89. The molecule has 1 aromatic heterocycles. The highest BCUT2D eigenvalue weighted by molar-refractivity contribution is 7.12. The molecule has 0 amide bonds. The maximum Gasteiger partial charge on any atom is 0.203 e. The smallest absolute Gasteiger partial charge is 0.203 e. The Balaban J connectivity index is 1.66. The lowest BCUT2D eigenvalue weighted by atomic mass is 9.96. The molecule has 21 heavy (non-hydrogen) atoms. The van der Waals surface area contributed by atoms with Gasteiger partial charge >= 0.3 is 0 Å². The number of halogens is 1. The number of aryl methyl sites for hydroxylation is 1. The Labute approximate surface area is 133 Å². The summed E-state index contributed by atoms with van der Waals surface area (Å²) in [6, 6.07) is 8.37. The first-order valence-corrected chi connectivity index (χ1v) is 8.72. The Morgan fingerprint density at radius 1 is 1.24 bits per heavy atom.